The number of nitrogens with zero attached hydrogens (tertiary/aromatic N) is 1. The highest BCUT2D eigenvalue weighted by molar-refractivity contribution is 5.85. The molecule has 1 saturated heterocycles. The molecule has 0 aromatic heterocycles. The van der Waals surface area contributed by atoms with Crippen molar-refractivity contribution in [2.75, 3.05) is 33.3 Å². The number of nitrogens with one attached hydrogen (secondary N) is 1. The molecule has 0 bridgehead atoms. The first-order valence-corrected chi connectivity index (χ1v) is 3.36. The molecule has 0 unspecified atom stereocenters. The van der Waals surface area contributed by atoms with Crippen molar-refractivity contribution in [2.24, 2.45) is 0 Å². The highest BCUT2D eigenvalue weighted by atomic mass is 35.5. The lowest BCUT2D eigenvalue weighted by Gasteiger charge is -2.35. The topological polar surface area (TPSA) is 35.5 Å². The predicted molar refractivity (Wildman–Crippen MR) is 50.9 cm³/mol. The summed E-state index contributed by atoms with van der Waals surface area (Å²) in [6.45, 7) is 3.23. The summed E-state index contributed by atoms with van der Waals surface area (Å²) >= 11 is 0. The van der Waals surface area contributed by atoms with Crippen LogP contribution in [0.5, 0.6) is 0 Å². The zero-order valence-corrected chi connectivity index (χ0v) is 8.25. The van der Waals surface area contributed by atoms with Crippen LogP contribution in [0.4, 0.5) is 0 Å². The molecule has 0 aromatic carbocycles. The van der Waals surface area contributed by atoms with Crippen LogP contribution in [0.3, 0.4) is 0 Å². The van der Waals surface area contributed by atoms with E-state index in [9.17, 15) is 0 Å². The molecule has 0 aromatic rings. The van der Waals surface area contributed by atoms with E-state index in [0.717, 1.165) is 19.6 Å². The van der Waals surface area contributed by atoms with Gasteiger partial charge in [0.25, 0.3) is 0 Å². The molecule has 0 radical (unpaired) electrons. The lowest BCUT2D eigenvalue weighted by atomic mass is 10.1. The first-order valence-electron chi connectivity index (χ1n) is 3.36. The van der Waals surface area contributed by atoms with Crippen LogP contribution in [0.15, 0.2) is 0 Å². The second-order valence-electron chi connectivity index (χ2n) is 2.52. The van der Waals surface area contributed by atoms with Crippen LogP contribution in [-0.4, -0.2) is 49.3 Å². The largest absolute Gasteiger partial charge is 0.395 e. The van der Waals surface area contributed by atoms with Crippen LogP contribution in [0.2, 0.25) is 0 Å². The third-order valence-corrected chi connectivity index (χ3v) is 1.84. The van der Waals surface area contributed by atoms with E-state index in [0.29, 0.717) is 6.04 Å². The number of aliphatic hydroxyl groups excluding tert-OH is 1. The molecule has 2 N–H and O–H groups in total. The van der Waals surface area contributed by atoms with Gasteiger partial charge >= 0.3 is 0 Å². The molecule has 1 aliphatic rings. The maximum absolute atomic E-state index is 8.54. The van der Waals surface area contributed by atoms with E-state index in [-0.39, 0.29) is 31.4 Å². The molecule has 0 saturated carbocycles. The smallest absolute Gasteiger partial charge is 0.0558 e. The van der Waals surface area contributed by atoms with Crippen molar-refractivity contribution < 1.29 is 5.11 Å². The van der Waals surface area contributed by atoms with E-state index >= 15 is 0 Å². The van der Waals surface area contributed by atoms with E-state index in [2.05, 4.69) is 10.2 Å². The van der Waals surface area contributed by atoms with Gasteiger partial charge in [-0.1, -0.05) is 0 Å². The second-order valence-corrected chi connectivity index (χ2v) is 2.52. The van der Waals surface area contributed by atoms with Gasteiger partial charge in [-0.2, -0.15) is 0 Å². The highest BCUT2D eigenvalue weighted by Crippen LogP contribution is 1.99. The fourth-order valence-electron chi connectivity index (χ4n) is 0.925. The van der Waals surface area contributed by atoms with Crippen LogP contribution < -0.4 is 5.32 Å². The maximum atomic E-state index is 8.54. The number of halogens is 2. The van der Waals surface area contributed by atoms with E-state index in [4.69, 9.17) is 5.11 Å². The molecule has 1 heterocycles. The molecule has 5 heteroatoms. The number of likely N-dealkylation sites (N-methyl/N-ethyl adjacent to an activating group) is 1. The Hall–Kier alpha value is 0.460. The minimum Gasteiger partial charge on any atom is -0.395 e. The van der Waals surface area contributed by atoms with Crippen molar-refractivity contribution >= 4 is 24.8 Å². The standard InChI is InChI=1S/C6H14N2O.2ClH/c1-8(2-3-9)6-4-7-5-6;;/h6-7,9H,2-5H2,1H3;2*1H. The molecule has 3 nitrogen and oxygen atoms in total. The Morgan fingerprint density at radius 1 is 1.45 bits per heavy atom. The molecule has 0 atom stereocenters. The van der Waals surface area contributed by atoms with Crippen molar-refractivity contribution in [3.05, 3.63) is 0 Å². The average Bonchev–Trinajstić information content (AvgIpc) is 1.60. The summed E-state index contributed by atoms with van der Waals surface area (Å²) < 4.78 is 0. The molecule has 11 heavy (non-hydrogen) atoms. The average molecular weight is 203 g/mol. The van der Waals surface area contributed by atoms with Gasteiger partial charge in [0, 0.05) is 25.7 Å². The quantitative estimate of drug-likeness (QED) is 0.662. The summed E-state index contributed by atoms with van der Waals surface area (Å²) in [5, 5.41) is 11.7. The Bertz CT molecular complexity index is 90.7. The van der Waals surface area contributed by atoms with Gasteiger partial charge in [0.1, 0.15) is 0 Å². The summed E-state index contributed by atoms with van der Waals surface area (Å²) in [5.41, 5.74) is 0. The Morgan fingerprint density at radius 2 is 2.00 bits per heavy atom. The van der Waals surface area contributed by atoms with E-state index < -0.39 is 0 Å². The first kappa shape index (κ1) is 14.0. The van der Waals surface area contributed by atoms with Gasteiger partial charge in [-0.25, -0.2) is 0 Å². The fourth-order valence-corrected chi connectivity index (χ4v) is 0.925. The summed E-state index contributed by atoms with van der Waals surface area (Å²) in [6.07, 6.45) is 0. The molecular formula is C6H16Cl2N2O. The summed E-state index contributed by atoms with van der Waals surface area (Å²) in [5.74, 6) is 0. The molecule has 0 spiro atoms. The van der Waals surface area contributed by atoms with Gasteiger partial charge < -0.3 is 10.4 Å². The van der Waals surface area contributed by atoms with Crippen molar-refractivity contribution in [3.8, 4) is 0 Å². The third-order valence-electron chi connectivity index (χ3n) is 1.84. The van der Waals surface area contributed by atoms with Crippen LogP contribution >= 0.6 is 24.8 Å². The van der Waals surface area contributed by atoms with Crippen molar-refractivity contribution in [2.45, 2.75) is 6.04 Å². The predicted octanol–water partition coefficient (Wildman–Crippen LogP) is -0.274. The third kappa shape index (κ3) is 4.13. The van der Waals surface area contributed by atoms with Crippen molar-refractivity contribution in [3.63, 3.8) is 0 Å². The van der Waals surface area contributed by atoms with Crippen LogP contribution in [0.25, 0.3) is 0 Å². The van der Waals surface area contributed by atoms with E-state index in [1.165, 1.54) is 0 Å². The Kier molecular flexibility index (Phi) is 9.08. The molecule has 1 aliphatic heterocycles. The normalized spacial score (nSPS) is 16.6. The van der Waals surface area contributed by atoms with Crippen LogP contribution in [0.1, 0.15) is 0 Å². The van der Waals surface area contributed by atoms with Gasteiger partial charge in [0.15, 0.2) is 0 Å². The van der Waals surface area contributed by atoms with Crippen molar-refractivity contribution in [1.29, 1.82) is 0 Å². The summed E-state index contributed by atoms with van der Waals surface area (Å²) in [6, 6.07) is 0.664. The van der Waals surface area contributed by atoms with Gasteiger partial charge in [-0.05, 0) is 7.05 Å². The lowest BCUT2D eigenvalue weighted by molar-refractivity contribution is 0.144. The molecule has 0 amide bonds. The van der Waals surface area contributed by atoms with E-state index in [1.807, 2.05) is 7.05 Å². The zero-order valence-electron chi connectivity index (χ0n) is 6.62. The maximum Gasteiger partial charge on any atom is 0.0558 e. The monoisotopic (exact) mass is 202 g/mol. The van der Waals surface area contributed by atoms with E-state index in [1.54, 1.807) is 0 Å². The fraction of sp³-hybridized carbons (Fsp3) is 1.00. The van der Waals surface area contributed by atoms with Gasteiger partial charge in [0.2, 0.25) is 0 Å². The zero-order chi connectivity index (χ0) is 6.69. The molecule has 0 aliphatic carbocycles. The number of aliphatic hydroxyl groups is 1. The summed E-state index contributed by atoms with van der Waals surface area (Å²) in [4.78, 5) is 2.18. The number of rotatable bonds is 3. The lowest BCUT2D eigenvalue weighted by Crippen LogP contribution is -2.56. The second kappa shape index (κ2) is 7.13. The highest BCUT2D eigenvalue weighted by Gasteiger charge is 2.20. The van der Waals surface area contributed by atoms with Crippen LogP contribution in [-0.2, 0) is 0 Å². The molecule has 70 valence electrons. The summed E-state index contributed by atoms with van der Waals surface area (Å²) in [7, 11) is 2.04. The molecule has 1 rings (SSSR count). The van der Waals surface area contributed by atoms with Gasteiger partial charge in [-0.15, -0.1) is 24.8 Å². The van der Waals surface area contributed by atoms with Gasteiger partial charge in [0.05, 0.1) is 6.61 Å². The number of hydrogen-bond donors (Lipinski definition) is 2. The number of hydrogen-bond acceptors (Lipinski definition) is 3. The Morgan fingerprint density at radius 3 is 2.27 bits per heavy atom. The van der Waals surface area contributed by atoms with Crippen LogP contribution in [0, 0.1) is 0 Å². The minimum absolute atomic E-state index is 0. The Labute approximate surface area is 80.0 Å². The van der Waals surface area contributed by atoms with Crippen molar-refractivity contribution in [1.82, 2.24) is 10.2 Å². The molecule has 1 fully saturated rings. The van der Waals surface area contributed by atoms with Gasteiger partial charge in [-0.3, -0.25) is 4.90 Å². The molecular weight excluding hydrogens is 187 g/mol. The SMILES string of the molecule is CN(CCO)C1CNC1.Cl.Cl. The minimum atomic E-state index is 0. The Balaban J connectivity index is 0. The first-order chi connectivity index (χ1) is 4.34.